The molecule has 0 saturated carbocycles. The third-order valence-corrected chi connectivity index (χ3v) is 3.41. The van der Waals surface area contributed by atoms with Crippen LogP contribution in [0.2, 0.25) is 5.02 Å². The number of phenols is 1. The highest BCUT2D eigenvalue weighted by molar-refractivity contribution is 6.31. The lowest BCUT2D eigenvalue weighted by atomic mass is 10.2. The lowest BCUT2D eigenvalue weighted by Crippen LogP contribution is -2.23. The molecule has 21 heavy (non-hydrogen) atoms. The zero-order chi connectivity index (χ0) is 15.0. The van der Waals surface area contributed by atoms with Gasteiger partial charge in [0, 0.05) is 23.5 Å². The highest BCUT2D eigenvalue weighted by atomic mass is 35.5. The molecule has 6 heteroatoms. The lowest BCUT2D eigenvalue weighted by molar-refractivity contribution is 0.475. The molecular formula is C15H12ClN3O2. The summed E-state index contributed by atoms with van der Waals surface area (Å²) < 4.78 is 1.42. The normalized spacial score (nSPS) is 10.8. The van der Waals surface area contributed by atoms with E-state index in [0.29, 0.717) is 22.0 Å². The van der Waals surface area contributed by atoms with Gasteiger partial charge in [0.15, 0.2) is 0 Å². The predicted molar refractivity (Wildman–Crippen MR) is 83.6 cm³/mol. The molecule has 2 aromatic carbocycles. The van der Waals surface area contributed by atoms with Crippen LogP contribution in [0.3, 0.4) is 0 Å². The second-order valence-electron chi connectivity index (χ2n) is 4.51. The summed E-state index contributed by atoms with van der Waals surface area (Å²) >= 11 is 6.05. The molecule has 2 N–H and O–H groups in total. The number of anilines is 1. The van der Waals surface area contributed by atoms with E-state index < -0.39 is 5.69 Å². The van der Waals surface area contributed by atoms with Crippen molar-refractivity contribution in [2.45, 2.75) is 0 Å². The first-order valence-corrected chi connectivity index (χ1v) is 6.67. The Morgan fingerprint density at radius 2 is 2.05 bits per heavy atom. The van der Waals surface area contributed by atoms with Crippen LogP contribution < -0.4 is 11.0 Å². The number of fused-ring (bicyclic) bond motifs is 1. The number of hydrogen-bond acceptors (Lipinski definition) is 4. The number of rotatable bonds is 2. The Labute approximate surface area is 125 Å². The predicted octanol–water partition coefficient (Wildman–Crippen LogP) is 2.79. The zero-order valence-corrected chi connectivity index (χ0v) is 11.9. The molecule has 3 rings (SSSR count). The van der Waals surface area contributed by atoms with Gasteiger partial charge in [-0.2, -0.15) is 4.98 Å². The molecule has 0 atom stereocenters. The summed E-state index contributed by atoms with van der Waals surface area (Å²) in [5, 5.41) is 13.8. The molecule has 0 unspecified atom stereocenters. The molecule has 1 heterocycles. The SMILES string of the molecule is CNc1nc(=O)n(-c2cccc(O)c2)c2cc(Cl)ccc12. The van der Waals surface area contributed by atoms with Crippen molar-refractivity contribution in [1.82, 2.24) is 9.55 Å². The second-order valence-corrected chi connectivity index (χ2v) is 4.95. The quantitative estimate of drug-likeness (QED) is 0.764. The fourth-order valence-electron chi connectivity index (χ4n) is 2.27. The van der Waals surface area contributed by atoms with Gasteiger partial charge in [0.2, 0.25) is 0 Å². The summed E-state index contributed by atoms with van der Waals surface area (Å²) in [6.07, 6.45) is 0. The molecule has 106 valence electrons. The third-order valence-electron chi connectivity index (χ3n) is 3.18. The average molecular weight is 302 g/mol. The molecule has 0 aliphatic rings. The maximum absolute atomic E-state index is 12.3. The Morgan fingerprint density at radius 1 is 1.24 bits per heavy atom. The summed E-state index contributed by atoms with van der Waals surface area (Å²) in [6.45, 7) is 0. The first-order valence-electron chi connectivity index (χ1n) is 6.29. The van der Waals surface area contributed by atoms with Crippen LogP contribution in [0.5, 0.6) is 5.75 Å². The number of aromatic hydroxyl groups is 1. The largest absolute Gasteiger partial charge is 0.508 e. The summed E-state index contributed by atoms with van der Waals surface area (Å²) in [7, 11) is 1.70. The van der Waals surface area contributed by atoms with Crippen LogP contribution in [0.15, 0.2) is 47.3 Å². The molecule has 0 saturated heterocycles. The minimum absolute atomic E-state index is 0.0762. The van der Waals surface area contributed by atoms with Crippen LogP contribution in [0, 0.1) is 0 Å². The summed E-state index contributed by atoms with van der Waals surface area (Å²) in [5.41, 5.74) is 0.708. The van der Waals surface area contributed by atoms with Gasteiger partial charge in [-0.1, -0.05) is 17.7 Å². The smallest absolute Gasteiger partial charge is 0.354 e. The summed E-state index contributed by atoms with van der Waals surface area (Å²) in [6, 6.07) is 11.7. The van der Waals surface area contributed by atoms with E-state index in [2.05, 4.69) is 10.3 Å². The first-order chi connectivity index (χ1) is 10.1. The summed E-state index contributed by atoms with van der Waals surface area (Å²) in [5.74, 6) is 0.565. The molecule has 0 fully saturated rings. The second kappa shape index (κ2) is 5.10. The highest BCUT2D eigenvalue weighted by Gasteiger charge is 2.12. The summed E-state index contributed by atoms with van der Waals surface area (Å²) in [4.78, 5) is 16.4. The van der Waals surface area contributed by atoms with Crippen molar-refractivity contribution in [3.8, 4) is 11.4 Å². The number of halogens is 1. The van der Waals surface area contributed by atoms with E-state index in [9.17, 15) is 9.90 Å². The van der Waals surface area contributed by atoms with Crippen molar-refractivity contribution in [2.75, 3.05) is 12.4 Å². The molecule has 0 aliphatic carbocycles. The van der Waals surface area contributed by atoms with Crippen LogP contribution in [0.4, 0.5) is 5.82 Å². The van der Waals surface area contributed by atoms with Crippen molar-refractivity contribution >= 4 is 28.3 Å². The lowest BCUT2D eigenvalue weighted by Gasteiger charge is -2.13. The van der Waals surface area contributed by atoms with Gasteiger partial charge in [0.05, 0.1) is 11.2 Å². The van der Waals surface area contributed by atoms with E-state index in [-0.39, 0.29) is 5.75 Å². The van der Waals surface area contributed by atoms with Gasteiger partial charge < -0.3 is 10.4 Å². The van der Waals surface area contributed by atoms with Gasteiger partial charge in [-0.3, -0.25) is 4.57 Å². The Bertz CT molecular complexity index is 890. The number of phenolic OH excluding ortho intramolecular Hbond substituents is 1. The van der Waals surface area contributed by atoms with E-state index in [1.54, 1.807) is 43.4 Å². The van der Waals surface area contributed by atoms with Crippen molar-refractivity contribution in [2.24, 2.45) is 0 Å². The number of nitrogens with one attached hydrogen (secondary N) is 1. The van der Waals surface area contributed by atoms with Gasteiger partial charge in [-0.15, -0.1) is 0 Å². The molecule has 0 bridgehead atoms. The fourth-order valence-corrected chi connectivity index (χ4v) is 2.44. The monoisotopic (exact) mass is 301 g/mol. The van der Waals surface area contributed by atoms with Crippen molar-refractivity contribution in [3.05, 3.63) is 58.0 Å². The topological polar surface area (TPSA) is 67.2 Å². The minimum atomic E-state index is -0.445. The fraction of sp³-hybridized carbons (Fsp3) is 0.0667. The molecule has 0 amide bonds. The van der Waals surface area contributed by atoms with Gasteiger partial charge in [0.25, 0.3) is 0 Å². The van der Waals surface area contributed by atoms with E-state index in [0.717, 1.165) is 5.39 Å². The first kappa shape index (κ1) is 13.5. The van der Waals surface area contributed by atoms with Gasteiger partial charge >= 0.3 is 5.69 Å². The molecule has 0 aliphatic heterocycles. The number of benzene rings is 2. The average Bonchev–Trinajstić information content (AvgIpc) is 2.46. The Kier molecular flexibility index (Phi) is 3.27. The molecule has 3 aromatic rings. The Balaban J connectivity index is 2.45. The standard InChI is InChI=1S/C15H12ClN3O2/c1-17-14-12-6-5-9(16)7-13(12)19(15(21)18-14)10-3-2-4-11(20)8-10/h2-8,20H,1H3,(H,17,18,21). The molecule has 5 nitrogen and oxygen atoms in total. The van der Waals surface area contributed by atoms with E-state index in [1.165, 1.54) is 10.6 Å². The van der Waals surface area contributed by atoms with Crippen molar-refractivity contribution in [3.63, 3.8) is 0 Å². The van der Waals surface area contributed by atoms with E-state index >= 15 is 0 Å². The minimum Gasteiger partial charge on any atom is -0.508 e. The number of aromatic nitrogens is 2. The number of nitrogens with zero attached hydrogens (tertiary/aromatic N) is 2. The van der Waals surface area contributed by atoms with Crippen LogP contribution >= 0.6 is 11.6 Å². The van der Waals surface area contributed by atoms with Gasteiger partial charge in [-0.05, 0) is 30.3 Å². The van der Waals surface area contributed by atoms with Crippen LogP contribution in [-0.2, 0) is 0 Å². The van der Waals surface area contributed by atoms with Crippen molar-refractivity contribution < 1.29 is 5.11 Å². The number of hydrogen-bond donors (Lipinski definition) is 2. The molecular weight excluding hydrogens is 290 g/mol. The highest BCUT2D eigenvalue weighted by Crippen LogP contribution is 2.25. The van der Waals surface area contributed by atoms with Gasteiger partial charge in [-0.25, -0.2) is 4.79 Å². The third kappa shape index (κ3) is 2.32. The van der Waals surface area contributed by atoms with E-state index in [1.807, 2.05) is 0 Å². The molecule has 1 aromatic heterocycles. The van der Waals surface area contributed by atoms with Crippen LogP contribution in [0.25, 0.3) is 16.6 Å². The van der Waals surface area contributed by atoms with Crippen LogP contribution in [-0.4, -0.2) is 21.7 Å². The Morgan fingerprint density at radius 3 is 2.76 bits per heavy atom. The van der Waals surface area contributed by atoms with Gasteiger partial charge in [0.1, 0.15) is 11.6 Å². The molecule has 0 radical (unpaired) electrons. The van der Waals surface area contributed by atoms with Crippen LogP contribution in [0.1, 0.15) is 0 Å². The van der Waals surface area contributed by atoms with Crippen molar-refractivity contribution in [1.29, 1.82) is 0 Å². The maximum atomic E-state index is 12.3. The zero-order valence-electron chi connectivity index (χ0n) is 11.2. The maximum Gasteiger partial charge on any atom is 0.354 e. The van der Waals surface area contributed by atoms with E-state index in [4.69, 9.17) is 11.6 Å². The molecule has 0 spiro atoms. The Hall–Kier alpha value is -2.53.